The van der Waals surface area contributed by atoms with Crippen molar-refractivity contribution >= 4 is 16.7 Å². The fourth-order valence-corrected chi connectivity index (χ4v) is 3.32. The highest BCUT2D eigenvalue weighted by Crippen LogP contribution is 2.22. The molecule has 3 nitrogen and oxygen atoms in total. The molecule has 2 aromatic carbocycles. The van der Waals surface area contributed by atoms with E-state index < -0.39 is 6.10 Å². The molecule has 1 atom stereocenters. The molecule has 0 heterocycles. The average molecular weight is 337 g/mol. The van der Waals surface area contributed by atoms with Crippen molar-refractivity contribution in [3.63, 3.8) is 0 Å². The first kappa shape index (κ1) is 17.5. The van der Waals surface area contributed by atoms with E-state index in [4.69, 9.17) is 4.74 Å². The summed E-state index contributed by atoms with van der Waals surface area (Å²) >= 11 is 0. The van der Waals surface area contributed by atoms with Gasteiger partial charge in [-0.2, -0.15) is 0 Å². The van der Waals surface area contributed by atoms with Crippen LogP contribution in [0.15, 0.2) is 54.1 Å². The van der Waals surface area contributed by atoms with E-state index in [9.17, 15) is 4.79 Å². The number of nitrogens with one attached hydrogen (secondary N) is 1. The van der Waals surface area contributed by atoms with Gasteiger partial charge in [0.1, 0.15) is 5.75 Å². The van der Waals surface area contributed by atoms with Gasteiger partial charge in [-0.25, -0.2) is 0 Å². The van der Waals surface area contributed by atoms with Crippen molar-refractivity contribution in [3.05, 3.63) is 54.1 Å². The van der Waals surface area contributed by atoms with Gasteiger partial charge in [-0.15, -0.1) is 0 Å². The summed E-state index contributed by atoms with van der Waals surface area (Å²) in [5.41, 5.74) is 1.48. The van der Waals surface area contributed by atoms with Gasteiger partial charge < -0.3 is 10.1 Å². The van der Waals surface area contributed by atoms with Crippen molar-refractivity contribution in [2.75, 3.05) is 6.54 Å². The van der Waals surface area contributed by atoms with Crippen molar-refractivity contribution in [2.45, 2.75) is 51.6 Å². The van der Waals surface area contributed by atoms with Crippen molar-refractivity contribution < 1.29 is 9.53 Å². The minimum atomic E-state index is -0.443. The van der Waals surface area contributed by atoms with Crippen molar-refractivity contribution in [1.82, 2.24) is 5.32 Å². The molecule has 0 radical (unpaired) electrons. The molecule has 0 spiro atoms. The number of hydrogen-bond donors (Lipinski definition) is 1. The first-order valence-electron chi connectivity index (χ1n) is 9.37. The standard InChI is InChI=1S/C22H27NO2/c1-2-21(22(24)23-15-14-17-8-4-3-5-9-17)25-20-13-12-18-10-6-7-11-19(18)16-20/h6-8,10-13,16,21H,2-5,9,14-15H2,1H3,(H,23,24). The second-order valence-electron chi connectivity index (χ2n) is 6.67. The van der Waals surface area contributed by atoms with Crippen LogP contribution in [0.1, 0.15) is 45.4 Å². The Labute approximate surface area is 150 Å². The molecule has 1 amide bonds. The van der Waals surface area contributed by atoms with Crippen LogP contribution in [-0.4, -0.2) is 18.6 Å². The number of carbonyl (C=O) groups excluding carboxylic acids is 1. The van der Waals surface area contributed by atoms with Crippen LogP contribution in [0.3, 0.4) is 0 Å². The van der Waals surface area contributed by atoms with Gasteiger partial charge in [-0.05, 0) is 61.4 Å². The summed E-state index contributed by atoms with van der Waals surface area (Å²) in [5.74, 6) is 0.725. The Hall–Kier alpha value is -2.29. The first-order valence-corrected chi connectivity index (χ1v) is 9.37. The summed E-state index contributed by atoms with van der Waals surface area (Å²) in [5, 5.41) is 5.33. The number of amides is 1. The fraction of sp³-hybridized carbons (Fsp3) is 0.409. The number of rotatable bonds is 7. The smallest absolute Gasteiger partial charge is 0.261 e. The monoisotopic (exact) mass is 337 g/mol. The highest BCUT2D eigenvalue weighted by atomic mass is 16.5. The molecule has 1 unspecified atom stereocenters. The van der Waals surface area contributed by atoms with Gasteiger partial charge in [0.25, 0.3) is 5.91 Å². The van der Waals surface area contributed by atoms with Gasteiger partial charge >= 0.3 is 0 Å². The number of fused-ring (bicyclic) bond motifs is 1. The van der Waals surface area contributed by atoms with Crippen LogP contribution in [-0.2, 0) is 4.79 Å². The molecular formula is C22H27NO2. The minimum Gasteiger partial charge on any atom is -0.481 e. The lowest BCUT2D eigenvalue weighted by molar-refractivity contribution is -0.128. The molecule has 25 heavy (non-hydrogen) atoms. The third-order valence-corrected chi connectivity index (χ3v) is 4.79. The molecule has 132 valence electrons. The lowest BCUT2D eigenvalue weighted by atomic mass is 9.97. The number of hydrogen-bond acceptors (Lipinski definition) is 2. The largest absolute Gasteiger partial charge is 0.481 e. The Morgan fingerprint density at radius 2 is 2.00 bits per heavy atom. The predicted molar refractivity (Wildman–Crippen MR) is 103 cm³/mol. The van der Waals surface area contributed by atoms with Crippen molar-refractivity contribution in [1.29, 1.82) is 0 Å². The molecule has 0 saturated carbocycles. The molecule has 1 aliphatic rings. The van der Waals surface area contributed by atoms with E-state index >= 15 is 0 Å². The van der Waals surface area contributed by atoms with Gasteiger partial charge in [-0.1, -0.05) is 48.9 Å². The molecule has 0 aromatic heterocycles. The zero-order valence-electron chi connectivity index (χ0n) is 15.0. The van der Waals surface area contributed by atoms with Gasteiger partial charge in [-0.3, -0.25) is 4.79 Å². The molecule has 0 bridgehead atoms. The quantitative estimate of drug-likeness (QED) is 0.722. The van der Waals surface area contributed by atoms with E-state index in [-0.39, 0.29) is 5.91 Å². The normalized spacial score (nSPS) is 15.5. The number of benzene rings is 2. The summed E-state index contributed by atoms with van der Waals surface area (Å²) in [6.07, 6.45) is 8.45. The fourth-order valence-electron chi connectivity index (χ4n) is 3.32. The second kappa shape index (κ2) is 8.70. The molecule has 3 rings (SSSR count). The molecule has 0 saturated heterocycles. The summed E-state index contributed by atoms with van der Waals surface area (Å²) in [7, 11) is 0. The van der Waals surface area contributed by atoms with Gasteiger partial charge in [0.05, 0.1) is 0 Å². The van der Waals surface area contributed by atoms with Crippen molar-refractivity contribution in [3.8, 4) is 5.75 Å². The molecule has 1 N–H and O–H groups in total. The maximum Gasteiger partial charge on any atom is 0.261 e. The van der Waals surface area contributed by atoms with Crippen LogP contribution in [0.25, 0.3) is 10.8 Å². The van der Waals surface area contributed by atoms with Crippen molar-refractivity contribution in [2.24, 2.45) is 0 Å². The topological polar surface area (TPSA) is 38.3 Å². The van der Waals surface area contributed by atoms with E-state index in [1.54, 1.807) is 0 Å². The predicted octanol–water partition coefficient (Wildman–Crippen LogP) is 5.00. The minimum absolute atomic E-state index is 0.0212. The molecule has 0 aliphatic heterocycles. The second-order valence-corrected chi connectivity index (χ2v) is 6.67. The molecule has 0 fully saturated rings. The maximum atomic E-state index is 12.4. The summed E-state index contributed by atoms with van der Waals surface area (Å²) in [6, 6.07) is 14.1. The average Bonchev–Trinajstić information content (AvgIpc) is 2.66. The number of allylic oxidation sites excluding steroid dienone is 1. The number of ether oxygens (including phenoxy) is 1. The van der Waals surface area contributed by atoms with Crippen LogP contribution in [0, 0.1) is 0 Å². The molecule has 1 aliphatic carbocycles. The summed E-state index contributed by atoms with van der Waals surface area (Å²) in [6.45, 7) is 2.68. The number of carbonyl (C=O) groups is 1. The first-order chi connectivity index (χ1) is 12.3. The Balaban J connectivity index is 1.55. The van der Waals surface area contributed by atoms with Crippen LogP contribution in [0.5, 0.6) is 5.75 Å². The third-order valence-electron chi connectivity index (χ3n) is 4.79. The van der Waals surface area contributed by atoms with Gasteiger partial charge in [0.15, 0.2) is 6.10 Å². The Morgan fingerprint density at radius 3 is 2.76 bits per heavy atom. The van der Waals surface area contributed by atoms with Crippen LogP contribution < -0.4 is 10.1 Å². The molecular weight excluding hydrogens is 310 g/mol. The zero-order chi connectivity index (χ0) is 17.5. The van der Waals surface area contributed by atoms with Crippen LogP contribution >= 0.6 is 0 Å². The Morgan fingerprint density at radius 1 is 1.16 bits per heavy atom. The maximum absolute atomic E-state index is 12.4. The summed E-state index contributed by atoms with van der Waals surface area (Å²) < 4.78 is 5.95. The highest BCUT2D eigenvalue weighted by molar-refractivity contribution is 5.84. The van der Waals surface area contributed by atoms with Gasteiger partial charge in [0.2, 0.25) is 0 Å². The molecule has 2 aromatic rings. The highest BCUT2D eigenvalue weighted by Gasteiger charge is 2.18. The van der Waals surface area contributed by atoms with E-state index in [0.717, 1.165) is 17.6 Å². The molecule has 3 heteroatoms. The SMILES string of the molecule is CCC(Oc1ccc2ccccc2c1)C(=O)NCCC1=CCCCC1. The van der Waals surface area contributed by atoms with E-state index in [2.05, 4.69) is 23.5 Å². The van der Waals surface area contributed by atoms with Gasteiger partial charge in [0, 0.05) is 6.54 Å². The third kappa shape index (κ3) is 4.85. The van der Waals surface area contributed by atoms with Crippen LogP contribution in [0.4, 0.5) is 0 Å². The summed E-state index contributed by atoms with van der Waals surface area (Å²) in [4.78, 5) is 12.4. The lowest BCUT2D eigenvalue weighted by Gasteiger charge is -2.18. The zero-order valence-corrected chi connectivity index (χ0v) is 15.0. The van der Waals surface area contributed by atoms with E-state index in [1.807, 2.05) is 37.3 Å². The van der Waals surface area contributed by atoms with Crippen LogP contribution in [0.2, 0.25) is 0 Å². The Bertz CT molecular complexity index is 751. The Kier molecular flexibility index (Phi) is 6.10. The van der Waals surface area contributed by atoms with E-state index in [0.29, 0.717) is 13.0 Å². The lowest BCUT2D eigenvalue weighted by Crippen LogP contribution is -2.38. The van der Waals surface area contributed by atoms with E-state index in [1.165, 1.54) is 36.6 Å².